The summed E-state index contributed by atoms with van der Waals surface area (Å²) in [6.45, 7) is 1.74. The lowest BCUT2D eigenvalue weighted by molar-refractivity contribution is -0.141. The molecule has 4 nitrogen and oxygen atoms in total. The van der Waals surface area contributed by atoms with Crippen molar-refractivity contribution in [3.63, 3.8) is 0 Å². The maximum absolute atomic E-state index is 10.7. The highest BCUT2D eigenvalue weighted by Crippen LogP contribution is 2.26. The molecule has 0 bridgehead atoms. The number of rotatable bonds is 2. The Labute approximate surface area is 69.6 Å². The Morgan fingerprint density at radius 1 is 1.67 bits per heavy atom. The van der Waals surface area contributed by atoms with Gasteiger partial charge in [-0.1, -0.05) is 19.1 Å². The highest BCUT2D eigenvalue weighted by Gasteiger charge is 2.29. The van der Waals surface area contributed by atoms with Crippen molar-refractivity contribution in [2.45, 2.75) is 6.92 Å². The SMILES string of the molecule is C[C@@H]1C=CC=C(N=O)[C@@H]1C(=O)O. The molecule has 12 heavy (non-hydrogen) atoms. The summed E-state index contributed by atoms with van der Waals surface area (Å²) in [7, 11) is 0. The summed E-state index contributed by atoms with van der Waals surface area (Å²) in [4.78, 5) is 20.9. The number of carbonyl (C=O) groups is 1. The van der Waals surface area contributed by atoms with E-state index >= 15 is 0 Å². The van der Waals surface area contributed by atoms with Gasteiger partial charge in [-0.3, -0.25) is 4.79 Å². The van der Waals surface area contributed by atoms with Crippen LogP contribution >= 0.6 is 0 Å². The van der Waals surface area contributed by atoms with Crippen LogP contribution in [0.4, 0.5) is 0 Å². The third-order valence-electron chi connectivity index (χ3n) is 1.90. The lowest BCUT2D eigenvalue weighted by Gasteiger charge is -2.18. The molecule has 1 rings (SSSR count). The monoisotopic (exact) mass is 167 g/mol. The second-order valence-corrected chi connectivity index (χ2v) is 2.74. The van der Waals surface area contributed by atoms with Crippen LogP contribution in [-0.2, 0) is 4.79 Å². The summed E-state index contributed by atoms with van der Waals surface area (Å²) in [5.41, 5.74) is 0.0949. The zero-order valence-corrected chi connectivity index (χ0v) is 6.60. The Kier molecular flexibility index (Phi) is 2.38. The van der Waals surface area contributed by atoms with Gasteiger partial charge in [0.25, 0.3) is 0 Å². The average Bonchev–Trinajstić information content (AvgIpc) is 2.03. The van der Waals surface area contributed by atoms with E-state index in [0.717, 1.165) is 0 Å². The number of aliphatic carboxylic acids is 1. The van der Waals surface area contributed by atoms with Crippen molar-refractivity contribution in [2.75, 3.05) is 0 Å². The number of carboxylic acids is 1. The lowest BCUT2D eigenvalue weighted by atomic mass is 9.87. The van der Waals surface area contributed by atoms with E-state index in [1.54, 1.807) is 19.1 Å². The zero-order valence-electron chi connectivity index (χ0n) is 6.60. The Balaban J connectivity index is 2.95. The van der Waals surface area contributed by atoms with Gasteiger partial charge in [0.2, 0.25) is 0 Å². The predicted molar refractivity (Wildman–Crippen MR) is 43.3 cm³/mol. The highest BCUT2D eigenvalue weighted by molar-refractivity contribution is 5.74. The molecule has 0 spiro atoms. The number of allylic oxidation sites excluding steroid dienone is 3. The summed E-state index contributed by atoms with van der Waals surface area (Å²) < 4.78 is 0. The van der Waals surface area contributed by atoms with Crippen LogP contribution in [0.3, 0.4) is 0 Å². The fraction of sp³-hybridized carbons (Fsp3) is 0.375. The molecule has 0 saturated heterocycles. The van der Waals surface area contributed by atoms with E-state index in [1.807, 2.05) is 0 Å². The summed E-state index contributed by atoms with van der Waals surface area (Å²) in [6, 6.07) is 0. The molecule has 4 heteroatoms. The Bertz CT molecular complexity index is 267. The molecule has 0 heterocycles. The summed E-state index contributed by atoms with van der Waals surface area (Å²) in [5, 5.41) is 11.4. The molecule has 0 radical (unpaired) electrons. The third-order valence-corrected chi connectivity index (χ3v) is 1.90. The fourth-order valence-corrected chi connectivity index (χ4v) is 1.25. The van der Waals surface area contributed by atoms with Crippen molar-refractivity contribution in [1.82, 2.24) is 0 Å². The number of hydrogen-bond acceptors (Lipinski definition) is 3. The van der Waals surface area contributed by atoms with E-state index in [9.17, 15) is 9.70 Å². The molecule has 0 unspecified atom stereocenters. The van der Waals surface area contributed by atoms with E-state index in [2.05, 4.69) is 5.18 Å². The van der Waals surface area contributed by atoms with Gasteiger partial charge >= 0.3 is 5.97 Å². The van der Waals surface area contributed by atoms with Gasteiger partial charge in [0.15, 0.2) is 0 Å². The van der Waals surface area contributed by atoms with Crippen LogP contribution in [0.2, 0.25) is 0 Å². The first-order chi connectivity index (χ1) is 5.66. The molecule has 1 aliphatic rings. The van der Waals surface area contributed by atoms with E-state index in [4.69, 9.17) is 5.11 Å². The zero-order chi connectivity index (χ0) is 9.14. The first kappa shape index (κ1) is 8.64. The van der Waals surface area contributed by atoms with Gasteiger partial charge in [0.05, 0.1) is 5.70 Å². The van der Waals surface area contributed by atoms with Crippen molar-refractivity contribution in [3.8, 4) is 0 Å². The van der Waals surface area contributed by atoms with Crippen molar-refractivity contribution in [1.29, 1.82) is 0 Å². The Morgan fingerprint density at radius 3 is 2.75 bits per heavy atom. The number of hydrogen-bond donors (Lipinski definition) is 1. The topological polar surface area (TPSA) is 66.7 Å². The van der Waals surface area contributed by atoms with Crippen LogP contribution in [0, 0.1) is 16.7 Å². The quantitative estimate of drug-likeness (QED) is 0.634. The molecule has 2 atom stereocenters. The van der Waals surface area contributed by atoms with Crippen LogP contribution in [0.5, 0.6) is 0 Å². The van der Waals surface area contributed by atoms with Crippen LogP contribution in [0.25, 0.3) is 0 Å². The first-order valence-electron chi connectivity index (χ1n) is 3.61. The van der Waals surface area contributed by atoms with Crippen LogP contribution in [-0.4, -0.2) is 11.1 Å². The minimum absolute atomic E-state index is 0.0949. The van der Waals surface area contributed by atoms with Gasteiger partial charge in [-0.25, -0.2) is 0 Å². The molecule has 0 aromatic carbocycles. The van der Waals surface area contributed by atoms with E-state index in [1.165, 1.54) is 6.08 Å². The second kappa shape index (κ2) is 3.30. The molecule has 0 amide bonds. The standard InChI is InChI=1S/C8H9NO3/c1-5-3-2-4-6(9-12)7(5)8(10)11/h2-5,7H,1H3,(H,10,11)/t5-,7-/m1/s1. The average molecular weight is 167 g/mol. The largest absolute Gasteiger partial charge is 0.481 e. The second-order valence-electron chi connectivity index (χ2n) is 2.74. The van der Waals surface area contributed by atoms with Crippen LogP contribution < -0.4 is 0 Å². The van der Waals surface area contributed by atoms with Crippen molar-refractivity contribution < 1.29 is 9.90 Å². The van der Waals surface area contributed by atoms with E-state index < -0.39 is 11.9 Å². The first-order valence-corrected chi connectivity index (χ1v) is 3.61. The molecule has 0 aromatic rings. The Morgan fingerprint density at radius 2 is 2.33 bits per heavy atom. The van der Waals surface area contributed by atoms with Crippen molar-refractivity contribution >= 4 is 5.97 Å². The molecular weight excluding hydrogens is 158 g/mol. The minimum atomic E-state index is -1.00. The van der Waals surface area contributed by atoms with Crippen LogP contribution in [0.1, 0.15) is 6.92 Å². The molecule has 0 aliphatic heterocycles. The summed E-state index contributed by atoms with van der Waals surface area (Å²) >= 11 is 0. The fourth-order valence-electron chi connectivity index (χ4n) is 1.25. The summed E-state index contributed by atoms with van der Waals surface area (Å²) in [6.07, 6.45) is 4.83. The van der Waals surface area contributed by atoms with Gasteiger partial charge in [-0.05, 0) is 17.2 Å². The van der Waals surface area contributed by atoms with Gasteiger partial charge in [-0.15, -0.1) is 4.91 Å². The van der Waals surface area contributed by atoms with Gasteiger partial charge in [-0.2, -0.15) is 0 Å². The molecule has 0 saturated carbocycles. The maximum Gasteiger partial charge on any atom is 0.313 e. The number of carboxylic acid groups (broad SMARTS) is 1. The third kappa shape index (κ3) is 1.42. The molecule has 0 fully saturated rings. The van der Waals surface area contributed by atoms with Crippen LogP contribution in [0.15, 0.2) is 29.1 Å². The number of nitrogens with zero attached hydrogens (tertiary/aromatic N) is 1. The van der Waals surface area contributed by atoms with Crippen molar-refractivity contribution in [3.05, 3.63) is 28.8 Å². The van der Waals surface area contributed by atoms with Gasteiger partial charge < -0.3 is 5.11 Å². The number of nitroso groups, excluding NO2 is 1. The van der Waals surface area contributed by atoms with Gasteiger partial charge in [0, 0.05) is 0 Å². The lowest BCUT2D eigenvalue weighted by Crippen LogP contribution is -2.23. The molecule has 1 aliphatic carbocycles. The molecule has 1 N–H and O–H groups in total. The Hall–Kier alpha value is -1.45. The highest BCUT2D eigenvalue weighted by atomic mass is 16.4. The maximum atomic E-state index is 10.7. The molecular formula is C8H9NO3. The van der Waals surface area contributed by atoms with E-state index in [0.29, 0.717) is 0 Å². The normalized spacial score (nSPS) is 27.9. The predicted octanol–water partition coefficient (Wildman–Crippen LogP) is 1.54. The smallest absolute Gasteiger partial charge is 0.313 e. The summed E-state index contributed by atoms with van der Waals surface area (Å²) in [5.74, 6) is -1.95. The van der Waals surface area contributed by atoms with Gasteiger partial charge in [0.1, 0.15) is 5.92 Å². The molecule has 64 valence electrons. The molecule has 0 aromatic heterocycles. The van der Waals surface area contributed by atoms with E-state index in [-0.39, 0.29) is 11.6 Å². The van der Waals surface area contributed by atoms with Crippen molar-refractivity contribution in [2.24, 2.45) is 17.0 Å². The minimum Gasteiger partial charge on any atom is -0.481 e.